The summed E-state index contributed by atoms with van der Waals surface area (Å²) in [5, 5.41) is 0. The van der Waals surface area contributed by atoms with Crippen molar-refractivity contribution in [2.24, 2.45) is 5.92 Å². The molecule has 0 saturated heterocycles. The SMILES string of the molecule is Cc1ccc(CCCCCCCCC(C)C)s1. The molecule has 0 radical (unpaired) electrons. The summed E-state index contributed by atoms with van der Waals surface area (Å²) in [6.07, 6.45) is 11.2. The van der Waals surface area contributed by atoms with Gasteiger partial charge in [0.15, 0.2) is 0 Å². The van der Waals surface area contributed by atoms with Crippen molar-refractivity contribution in [2.75, 3.05) is 0 Å². The van der Waals surface area contributed by atoms with Gasteiger partial charge in [0.1, 0.15) is 0 Å². The molecule has 0 amide bonds. The van der Waals surface area contributed by atoms with Crippen LogP contribution in [0.2, 0.25) is 0 Å². The fraction of sp³-hybridized carbons (Fsp3) is 0.750. The number of thiophene rings is 1. The molecular weight excluding hydrogens is 224 g/mol. The minimum absolute atomic E-state index is 0.886. The van der Waals surface area contributed by atoms with E-state index in [-0.39, 0.29) is 0 Å². The van der Waals surface area contributed by atoms with Gasteiger partial charge in [-0.25, -0.2) is 0 Å². The van der Waals surface area contributed by atoms with Crippen LogP contribution in [0.15, 0.2) is 12.1 Å². The van der Waals surface area contributed by atoms with Crippen molar-refractivity contribution < 1.29 is 0 Å². The van der Waals surface area contributed by atoms with E-state index in [4.69, 9.17) is 0 Å². The molecule has 0 nitrogen and oxygen atoms in total. The summed E-state index contributed by atoms with van der Waals surface area (Å²) < 4.78 is 0. The lowest BCUT2D eigenvalue weighted by atomic mass is 10.0. The smallest absolute Gasteiger partial charge is 0.00480 e. The fourth-order valence-electron chi connectivity index (χ4n) is 2.18. The van der Waals surface area contributed by atoms with Crippen molar-refractivity contribution in [2.45, 2.75) is 72.1 Å². The zero-order valence-electron chi connectivity index (χ0n) is 11.8. The third-order valence-corrected chi connectivity index (χ3v) is 4.31. The summed E-state index contributed by atoms with van der Waals surface area (Å²) in [7, 11) is 0. The molecule has 0 fully saturated rings. The highest BCUT2D eigenvalue weighted by Crippen LogP contribution is 2.18. The van der Waals surface area contributed by atoms with Gasteiger partial charge in [0.25, 0.3) is 0 Å². The van der Waals surface area contributed by atoms with Crippen molar-refractivity contribution >= 4 is 11.3 Å². The average Bonchev–Trinajstić information content (AvgIpc) is 2.68. The Morgan fingerprint density at radius 1 is 0.941 bits per heavy atom. The maximum absolute atomic E-state index is 2.32. The van der Waals surface area contributed by atoms with Crippen molar-refractivity contribution in [3.63, 3.8) is 0 Å². The molecule has 0 aliphatic rings. The molecule has 1 aromatic rings. The van der Waals surface area contributed by atoms with E-state index in [1.165, 1.54) is 56.2 Å². The summed E-state index contributed by atoms with van der Waals surface area (Å²) in [5.74, 6) is 0.886. The lowest BCUT2D eigenvalue weighted by molar-refractivity contribution is 0.512. The number of aryl methyl sites for hydroxylation is 2. The molecule has 0 aliphatic heterocycles. The molecule has 0 unspecified atom stereocenters. The van der Waals surface area contributed by atoms with E-state index in [2.05, 4.69) is 32.9 Å². The van der Waals surface area contributed by atoms with E-state index in [1.807, 2.05) is 11.3 Å². The van der Waals surface area contributed by atoms with Gasteiger partial charge in [-0.1, -0.05) is 52.4 Å². The van der Waals surface area contributed by atoms with E-state index in [0.717, 1.165) is 5.92 Å². The Hall–Kier alpha value is -0.300. The Labute approximate surface area is 111 Å². The van der Waals surface area contributed by atoms with Crippen LogP contribution in [-0.4, -0.2) is 0 Å². The Morgan fingerprint density at radius 3 is 2.18 bits per heavy atom. The van der Waals surface area contributed by atoms with E-state index in [9.17, 15) is 0 Å². The van der Waals surface area contributed by atoms with Crippen molar-refractivity contribution in [1.29, 1.82) is 0 Å². The van der Waals surface area contributed by atoms with Gasteiger partial charge in [-0.3, -0.25) is 0 Å². The van der Waals surface area contributed by atoms with Crippen LogP contribution in [0.5, 0.6) is 0 Å². The van der Waals surface area contributed by atoms with Gasteiger partial charge in [0, 0.05) is 9.75 Å². The van der Waals surface area contributed by atoms with Crippen LogP contribution in [0.4, 0.5) is 0 Å². The zero-order chi connectivity index (χ0) is 12.5. The van der Waals surface area contributed by atoms with Crippen LogP contribution >= 0.6 is 11.3 Å². The molecule has 0 N–H and O–H groups in total. The number of rotatable bonds is 9. The van der Waals surface area contributed by atoms with Crippen molar-refractivity contribution in [1.82, 2.24) is 0 Å². The predicted molar refractivity (Wildman–Crippen MR) is 79.9 cm³/mol. The summed E-state index contributed by atoms with van der Waals surface area (Å²) in [4.78, 5) is 3.02. The van der Waals surface area contributed by atoms with Gasteiger partial charge in [0.05, 0.1) is 0 Å². The van der Waals surface area contributed by atoms with Gasteiger partial charge in [-0.15, -0.1) is 11.3 Å². The average molecular weight is 252 g/mol. The molecule has 0 atom stereocenters. The van der Waals surface area contributed by atoms with Gasteiger partial charge in [-0.2, -0.15) is 0 Å². The molecule has 0 aromatic carbocycles. The summed E-state index contributed by atoms with van der Waals surface area (Å²) >= 11 is 1.96. The highest BCUT2D eigenvalue weighted by atomic mass is 32.1. The third-order valence-electron chi connectivity index (χ3n) is 3.25. The quantitative estimate of drug-likeness (QED) is 0.474. The molecule has 0 saturated carbocycles. The Bertz CT molecular complexity index is 285. The van der Waals surface area contributed by atoms with E-state index in [1.54, 1.807) is 4.88 Å². The van der Waals surface area contributed by atoms with Crippen molar-refractivity contribution in [3.8, 4) is 0 Å². The summed E-state index contributed by atoms with van der Waals surface area (Å²) in [5.41, 5.74) is 0. The molecule has 1 heteroatoms. The number of hydrogen-bond acceptors (Lipinski definition) is 1. The number of hydrogen-bond donors (Lipinski definition) is 0. The van der Waals surface area contributed by atoms with Gasteiger partial charge in [0.2, 0.25) is 0 Å². The fourth-order valence-corrected chi connectivity index (χ4v) is 3.11. The van der Waals surface area contributed by atoms with Crippen LogP contribution in [0.25, 0.3) is 0 Å². The van der Waals surface area contributed by atoms with E-state index >= 15 is 0 Å². The lowest BCUT2D eigenvalue weighted by Gasteiger charge is -2.04. The van der Waals surface area contributed by atoms with Crippen LogP contribution in [0, 0.1) is 12.8 Å². The van der Waals surface area contributed by atoms with Crippen LogP contribution in [0.3, 0.4) is 0 Å². The van der Waals surface area contributed by atoms with E-state index < -0.39 is 0 Å². The highest BCUT2D eigenvalue weighted by Gasteiger charge is 1.97. The Morgan fingerprint density at radius 2 is 1.59 bits per heavy atom. The monoisotopic (exact) mass is 252 g/mol. The van der Waals surface area contributed by atoms with Gasteiger partial charge >= 0.3 is 0 Å². The highest BCUT2D eigenvalue weighted by molar-refractivity contribution is 7.11. The Balaban J connectivity index is 1.88. The lowest BCUT2D eigenvalue weighted by Crippen LogP contribution is -1.87. The maximum Gasteiger partial charge on any atom is 0.00480 e. The largest absolute Gasteiger partial charge is 0.146 e. The summed E-state index contributed by atoms with van der Waals surface area (Å²) in [6, 6.07) is 4.54. The first-order valence-corrected chi connectivity index (χ1v) is 8.05. The second-order valence-electron chi connectivity index (χ2n) is 5.57. The first kappa shape index (κ1) is 14.8. The molecule has 1 rings (SSSR count). The second kappa shape index (κ2) is 8.74. The molecule has 0 aliphatic carbocycles. The topological polar surface area (TPSA) is 0 Å². The Kier molecular flexibility index (Phi) is 7.59. The molecule has 0 spiro atoms. The standard InChI is InChI=1S/C16H28S/c1-14(2)10-8-6-4-5-7-9-11-16-13-12-15(3)17-16/h12-14H,4-11H2,1-3H3. The zero-order valence-corrected chi connectivity index (χ0v) is 12.6. The normalized spacial score (nSPS) is 11.3. The second-order valence-corrected chi connectivity index (χ2v) is 6.94. The van der Waals surface area contributed by atoms with Crippen LogP contribution in [-0.2, 0) is 6.42 Å². The molecule has 1 aromatic heterocycles. The van der Waals surface area contributed by atoms with Gasteiger partial charge in [-0.05, 0) is 37.8 Å². The maximum atomic E-state index is 2.32. The molecule has 1 heterocycles. The van der Waals surface area contributed by atoms with Crippen molar-refractivity contribution in [3.05, 3.63) is 21.9 Å². The predicted octanol–water partition coefficient (Wildman–Crippen LogP) is 5.99. The van der Waals surface area contributed by atoms with Crippen LogP contribution in [0.1, 0.15) is 68.5 Å². The number of unbranched alkanes of at least 4 members (excludes halogenated alkanes) is 5. The van der Waals surface area contributed by atoms with Gasteiger partial charge < -0.3 is 0 Å². The van der Waals surface area contributed by atoms with E-state index in [0.29, 0.717) is 0 Å². The molecule has 0 bridgehead atoms. The summed E-state index contributed by atoms with van der Waals surface area (Å²) in [6.45, 7) is 6.84. The third kappa shape index (κ3) is 7.59. The first-order valence-electron chi connectivity index (χ1n) is 7.24. The van der Waals surface area contributed by atoms with Crippen LogP contribution < -0.4 is 0 Å². The minimum atomic E-state index is 0.886. The molecular formula is C16H28S. The minimum Gasteiger partial charge on any atom is -0.146 e. The molecule has 17 heavy (non-hydrogen) atoms. The first-order chi connectivity index (χ1) is 8.18. The molecule has 98 valence electrons.